The van der Waals surface area contributed by atoms with Crippen molar-refractivity contribution in [3.8, 4) is 11.5 Å². The van der Waals surface area contributed by atoms with Crippen LogP contribution in [0.3, 0.4) is 0 Å². The van der Waals surface area contributed by atoms with Gasteiger partial charge >= 0.3 is 0 Å². The fourth-order valence-electron chi connectivity index (χ4n) is 3.43. The molecule has 3 rings (SSSR count). The van der Waals surface area contributed by atoms with Gasteiger partial charge < -0.3 is 15.3 Å². The number of carbonyl (C=O) groups excluding carboxylic acids is 1. The number of carbonyl (C=O) groups is 1. The van der Waals surface area contributed by atoms with Crippen LogP contribution in [-0.4, -0.2) is 39.6 Å². The molecule has 1 aliphatic rings. The number of rotatable bonds is 4. The summed E-state index contributed by atoms with van der Waals surface area (Å²) in [6.07, 6.45) is 1.74. The van der Waals surface area contributed by atoms with E-state index in [-0.39, 0.29) is 17.4 Å². The Bertz CT molecular complexity index is 757. The van der Waals surface area contributed by atoms with Gasteiger partial charge in [-0.1, -0.05) is 18.2 Å². The third-order valence-electron chi connectivity index (χ3n) is 4.86. The monoisotopic (exact) mass is 345 g/mol. The highest BCUT2D eigenvalue weighted by Crippen LogP contribution is 2.38. The lowest BCUT2D eigenvalue weighted by molar-refractivity contribution is -0.153. The molecule has 0 unspecified atom stereocenters. The number of aldehydes is 1. The second-order valence-electron chi connectivity index (χ2n) is 6.36. The Morgan fingerprint density at radius 1 is 1.08 bits per heavy atom. The van der Waals surface area contributed by atoms with E-state index in [0.29, 0.717) is 37.8 Å². The van der Waals surface area contributed by atoms with Crippen LogP contribution in [0.5, 0.6) is 11.5 Å². The van der Waals surface area contributed by atoms with Gasteiger partial charge in [-0.05, 0) is 42.5 Å². The smallest absolute Gasteiger partial charge is 0.201 e. The van der Waals surface area contributed by atoms with Gasteiger partial charge in [-0.15, -0.1) is 0 Å². The fraction of sp³-hybridized carbons (Fsp3) is 0.316. The zero-order chi connectivity index (χ0) is 18.0. The van der Waals surface area contributed by atoms with Gasteiger partial charge in [0.05, 0.1) is 0 Å². The van der Waals surface area contributed by atoms with Crippen LogP contribution in [-0.2, 0) is 10.5 Å². The molecule has 2 aromatic carbocycles. The summed E-state index contributed by atoms with van der Waals surface area (Å²) in [6, 6.07) is 9.76. The van der Waals surface area contributed by atoms with E-state index < -0.39 is 11.5 Å². The number of halogens is 1. The maximum atomic E-state index is 13.1. The number of likely N-dealkylation sites (tertiary alicyclic amines) is 1. The maximum absolute atomic E-state index is 13.1. The van der Waals surface area contributed by atoms with Crippen molar-refractivity contribution in [2.75, 3.05) is 13.1 Å². The summed E-state index contributed by atoms with van der Waals surface area (Å²) in [5, 5.41) is 30.2. The Balaban J connectivity index is 1.76. The number of piperidine rings is 1. The largest absolute Gasteiger partial charge is 0.508 e. The van der Waals surface area contributed by atoms with E-state index in [2.05, 4.69) is 0 Å². The van der Waals surface area contributed by atoms with Crippen LogP contribution in [0.25, 0.3) is 0 Å². The lowest BCUT2D eigenvalue weighted by atomic mass is 9.87. The molecule has 0 aromatic heterocycles. The van der Waals surface area contributed by atoms with Gasteiger partial charge in [0.1, 0.15) is 17.3 Å². The first kappa shape index (κ1) is 17.4. The average Bonchev–Trinajstić information content (AvgIpc) is 2.62. The molecule has 132 valence electrons. The molecule has 0 amide bonds. The first-order chi connectivity index (χ1) is 11.9. The standard InChI is InChI=1S/C19H20FNO4/c20-15-3-1-14(2-4-15)19(25,12-22)21-9-7-13(8-10-21)17-6-5-16(23)11-18(17)24/h1-6,11-13,23-25H,7-10H2/t19-/m1/s1. The summed E-state index contributed by atoms with van der Waals surface area (Å²) < 4.78 is 13.1. The molecule has 6 heteroatoms. The quantitative estimate of drug-likeness (QED) is 0.742. The molecule has 3 N–H and O–H groups in total. The molecular formula is C19H20FNO4. The fourth-order valence-corrected chi connectivity index (χ4v) is 3.43. The number of phenolic OH excluding ortho intramolecular Hbond substituents is 2. The first-order valence-electron chi connectivity index (χ1n) is 8.15. The zero-order valence-corrected chi connectivity index (χ0v) is 13.6. The molecular weight excluding hydrogens is 325 g/mol. The number of hydrogen-bond donors (Lipinski definition) is 3. The van der Waals surface area contributed by atoms with Crippen molar-refractivity contribution >= 4 is 6.29 Å². The molecule has 25 heavy (non-hydrogen) atoms. The molecule has 1 fully saturated rings. The molecule has 0 radical (unpaired) electrons. The van der Waals surface area contributed by atoms with Crippen LogP contribution in [0, 0.1) is 5.82 Å². The van der Waals surface area contributed by atoms with Crippen molar-refractivity contribution < 1.29 is 24.5 Å². The van der Waals surface area contributed by atoms with Crippen LogP contribution in [0.2, 0.25) is 0 Å². The SMILES string of the molecule is O=C[C@@](O)(c1ccc(F)cc1)N1CCC(c2ccc(O)cc2O)CC1. The lowest BCUT2D eigenvalue weighted by Gasteiger charge is -2.40. The van der Waals surface area contributed by atoms with Crippen LogP contribution in [0.1, 0.15) is 29.9 Å². The van der Waals surface area contributed by atoms with Crippen LogP contribution in [0.15, 0.2) is 42.5 Å². The maximum Gasteiger partial charge on any atom is 0.201 e. The highest BCUT2D eigenvalue weighted by molar-refractivity contribution is 5.65. The first-order valence-corrected chi connectivity index (χ1v) is 8.15. The van der Waals surface area contributed by atoms with Gasteiger partial charge in [0.25, 0.3) is 0 Å². The molecule has 0 aliphatic carbocycles. The summed E-state index contributed by atoms with van der Waals surface area (Å²) >= 11 is 0. The Morgan fingerprint density at radius 2 is 1.72 bits per heavy atom. The molecule has 0 saturated carbocycles. The molecule has 1 heterocycles. The predicted molar refractivity (Wildman–Crippen MR) is 89.7 cm³/mol. The Kier molecular flexibility index (Phi) is 4.74. The molecule has 1 atom stereocenters. The van der Waals surface area contributed by atoms with Crippen molar-refractivity contribution in [1.29, 1.82) is 0 Å². The lowest BCUT2D eigenvalue weighted by Crippen LogP contribution is -2.50. The van der Waals surface area contributed by atoms with Gasteiger partial charge in [0, 0.05) is 24.7 Å². The summed E-state index contributed by atoms with van der Waals surface area (Å²) in [5.74, 6) is -0.313. The minimum atomic E-state index is -1.80. The molecule has 2 aromatic rings. The van der Waals surface area contributed by atoms with Crippen molar-refractivity contribution in [2.45, 2.75) is 24.5 Å². The summed E-state index contributed by atoms with van der Waals surface area (Å²) in [7, 11) is 0. The van der Waals surface area contributed by atoms with Gasteiger partial charge in [-0.25, -0.2) is 4.39 Å². The number of nitrogens with zero attached hydrogens (tertiary/aromatic N) is 1. The summed E-state index contributed by atoms with van der Waals surface area (Å²) in [6.45, 7) is 0.884. The average molecular weight is 345 g/mol. The third kappa shape index (κ3) is 3.36. The van der Waals surface area contributed by atoms with Gasteiger partial charge in [-0.3, -0.25) is 9.69 Å². The zero-order valence-electron chi connectivity index (χ0n) is 13.6. The van der Waals surface area contributed by atoms with E-state index in [1.54, 1.807) is 11.0 Å². The Hall–Kier alpha value is -2.44. The Labute approximate surface area is 145 Å². The topological polar surface area (TPSA) is 81.0 Å². The van der Waals surface area contributed by atoms with E-state index in [4.69, 9.17) is 0 Å². The number of aliphatic hydroxyl groups is 1. The van der Waals surface area contributed by atoms with Gasteiger partial charge in [0.15, 0.2) is 6.29 Å². The van der Waals surface area contributed by atoms with Gasteiger partial charge in [0.2, 0.25) is 5.72 Å². The molecule has 5 nitrogen and oxygen atoms in total. The molecule has 1 saturated heterocycles. The molecule has 0 spiro atoms. The second-order valence-corrected chi connectivity index (χ2v) is 6.36. The van der Waals surface area contributed by atoms with Gasteiger partial charge in [-0.2, -0.15) is 0 Å². The molecule has 0 bridgehead atoms. The Morgan fingerprint density at radius 3 is 2.28 bits per heavy atom. The third-order valence-corrected chi connectivity index (χ3v) is 4.86. The second kappa shape index (κ2) is 6.82. The highest BCUT2D eigenvalue weighted by atomic mass is 19.1. The van der Waals surface area contributed by atoms with E-state index in [1.165, 1.54) is 36.4 Å². The summed E-state index contributed by atoms with van der Waals surface area (Å²) in [5.41, 5.74) is -0.723. The highest BCUT2D eigenvalue weighted by Gasteiger charge is 2.38. The van der Waals surface area contributed by atoms with Crippen LogP contribution < -0.4 is 0 Å². The minimum Gasteiger partial charge on any atom is -0.508 e. The van der Waals surface area contributed by atoms with E-state index in [0.717, 1.165) is 5.56 Å². The number of benzene rings is 2. The van der Waals surface area contributed by atoms with E-state index >= 15 is 0 Å². The van der Waals surface area contributed by atoms with Crippen LogP contribution >= 0.6 is 0 Å². The number of hydrogen-bond acceptors (Lipinski definition) is 5. The van der Waals surface area contributed by atoms with Crippen molar-refractivity contribution in [1.82, 2.24) is 4.90 Å². The predicted octanol–water partition coefficient (Wildman–Crippen LogP) is 2.46. The number of phenols is 2. The van der Waals surface area contributed by atoms with Crippen molar-refractivity contribution in [3.63, 3.8) is 0 Å². The summed E-state index contributed by atoms with van der Waals surface area (Å²) in [4.78, 5) is 13.3. The van der Waals surface area contributed by atoms with E-state index in [9.17, 15) is 24.5 Å². The minimum absolute atomic E-state index is 0.00493. The van der Waals surface area contributed by atoms with Crippen molar-refractivity contribution in [2.24, 2.45) is 0 Å². The van der Waals surface area contributed by atoms with Crippen LogP contribution in [0.4, 0.5) is 4.39 Å². The van der Waals surface area contributed by atoms with E-state index in [1.807, 2.05) is 0 Å². The van der Waals surface area contributed by atoms with Crippen molar-refractivity contribution in [3.05, 3.63) is 59.4 Å². The number of aromatic hydroxyl groups is 2. The normalized spacial score (nSPS) is 18.6. The molecule has 1 aliphatic heterocycles.